The molecule has 1 saturated carbocycles. The third-order valence-electron chi connectivity index (χ3n) is 4.73. The highest BCUT2D eigenvalue weighted by atomic mass is 16.5. The molecule has 0 radical (unpaired) electrons. The van der Waals surface area contributed by atoms with Crippen LogP contribution in [-0.2, 0) is 4.74 Å². The summed E-state index contributed by atoms with van der Waals surface area (Å²) >= 11 is 0. The van der Waals surface area contributed by atoms with Gasteiger partial charge < -0.3 is 10.1 Å². The zero-order valence-corrected chi connectivity index (χ0v) is 13.7. The van der Waals surface area contributed by atoms with Gasteiger partial charge in [0.2, 0.25) is 11.7 Å². The highest BCUT2D eigenvalue weighted by Gasteiger charge is 2.29. The highest BCUT2D eigenvalue weighted by molar-refractivity contribution is 5.79. The van der Waals surface area contributed by atoms with Gasteiger partial charge in [-0.3, -0.25) is 4.40 Å². The van der Waals surface area contributed by atoms with E-state index in [2.05, 4.69) is 25.4 Å². The number of imidazole rings is 1. The Morgan fingerprint density at radius 1 is 1.16 bits per heavy atom. The molecule has 0 amide bonds. The Morgan fingerprint density at radius 3 is 2.96 bits per heavy atom. The summed E-state index contributed by atoms with van der Waals surface area (Å²) in [5.74, 6) is 1.32. The molecule has 0 aliphatic heterocycles. The Morgan fingerprint density at radius 2 is 2.08 bits per heavy atom. The zero-order valence-electron chi connectivity index (χ0n) is 13.7. The van der Waals surface area contributed by atoms with E-state index in [1.54, 1.807) is 13.3 Å². The molecule has 0 spiro atoms. The Kier molecular flexibility index (Phi) is 3.17. The molecule has 1 fully saturated rings. The average Bonchev–Trinajstić information content (AvgIpc) is 3.23. The van der Waals surface area contributed by atoms with Crippen molar-refractivity contribution in [1.29, 1.82) is 0 Å². The minimum atomic E-state index is 0.352. The van der Waals surface area contributed by atoms with E-state index in [0.29, 0.717) is 23.9 Å². The summed E-state index contributed by atoms with van der Waals surface area (Å²) in [6.45, 7) is 0. The maximum Gasteiger partial charge on any atom is 0.241 e. The number of hydrogen-bond donors (Lipinski definition) is 1. The minimum Gasteiger partial charge on any atom is -0.381 e. The molecule has 4 aromatic heterocycles. The molecule has 0 atom stereocenters. The number of ether oxygens (including phenoxy) is 1. The SMILES string of the molecule is CO[C@H]1C[C@@H](Nc2ncc3c(-c4cnc5nccn5c4)ccn3n2)C1. The summed E-state index contributed by atoms with van der Waals surface area (Å²) in [4.78, 5) is 13.0. The van der Waals surface area contributed by atoms with Crippen LogP contribution in [0.15, 0.2) is 43.2 Å². The van der Waals surface area contributed by atoms with Gasteiger partial charge in [-0.1, -0.05) is 0 Å². The van der Waals surface area contributed by atoms with Crippen LogP contribution in [-0.4, -0.2) is 48.2 Å². The molecule has 0 bridgehead atoms. The lowest BCUT2D eigenvalue weighted by molar-refractivity contribution is 0.0326. The maximum absolute atomic E-state index is 5.30. The normalized spacial score (nSPS) is 20.0. The monoisotopic (exact) mass is 335 g/mol. The molecule has 4 aromatic rings. The summed E-state index contributed by atoms with van der Waals surface area (Å²) < 4.78 is 9.05. The van der Waals surface area contributed by atoms with Crippen molar-refractivity contribution in [3.05, 3.63) is 43.2 Å². The quantitative estimate of drug-likeness (QED) is 0.614. The third-order valence-corrected chi connectivity index (χ3v) is 4.73. The van der Waals surface area contributed by atoms with E-state index < -0.39 is 0 Å². The van der Waals surface area contributed by atoms with Crippen LogP contribution in [0.5, 0.6) is 0 Å². The van der Waals surface area contributed by atoms with Crippen molar-refractivity contribution >= 4 is 17.2 Å². The van der Waals surface area contributed by atoms with Crippen LogP contribution < -0.4 is 5.32 Å². The molecule has 5 rings (SSSR count). The number of aromatic nitrogens is 6. The van der Waals surface area contributed by atoms with E-state index in [1.807, 2.05) is 46.0 Å². The summed E-state index contributed by atoms with van der Waals surface area (Å²) in [5, 5.41) is 7.92. The fourth-order valence-corrected chi connectivity index (χ4v) is 3.22. The van der Waals surface area contributed by atoms with Crippen LogP contribution in [0.3, 0.4) is 0 Å². The predicted molar refractivity (Wildman–Crippen MR) is 92.4 cm³/mol. The summed E-state index contributed by atoms with van der Waals surface area (Å²) in [6, 6.07) is 2.41. The minimum absolute atomic E-state index is 0.352. The van der Waals surface area contributed by atoms with Crippen LogP contribution in [0.4, 0.5) is 5.95 Å². The van der Waals surface area contributed by atoms with Gasteiger partial charge in [0.25, 0.3) is 0 Å². The zero-order chi connectivity index (χ0) is 16.8. The van der Waals surface area contributed by atoms with Gasteiger partial charge in [0, 0.05) is 55.3 Å². The van der Waals surface area contributed by atoms with Crippen molar-refractivity contribution in [3.63, 3.8) is 0 Å². The van der Waals surface area contributed by atoms with Crippen molar-refractivity contribution in [2.75, 3.05) is 12.4 Å². The fourth-order valence-electron chi connectivity index (χ4n) is 3.22. The lowest BCUT2D eigenvalue weighted by atomic mass is 9.89. The standard InChI is InChI=1S/C17H17N7O/c1-25-13-6-12(7-13)21-16-19-9-15-14(2-4-24(15)22-16)11-8-20-17-18-3-5-23(17)10-11/h2-5,8-10,12-13H,6-7H2,1H3,(H,21,22)/t12-,13+. The second-order valence-corrected chi connectivity index (χ2v) is 6.29. The van der Waals surface area contributed by atoms with Crippen LogP contribution in [0.2, 0.25) is 0 Å². The Balaban J connectivity index is 1.45. The Labute approximate surface area is 143 Å². The molecule has 0 saturated heterocycles. The molecule has 1 aliphatic carbocycles. The van der Waals surface area contributed by atoms with Crippen molar-refractivity contribution in [2.45, 2.75) is 25.0 Å². The smallest absolute Gasteiger partial charge is 0.241 e. The number of methoxy groups -OCH3 is 1. The molecule has 8 nitrogen and oxygen atoms in total. The van der Waals surface area contributed by atoms with Crippen molar-refractivity contribution in [2.24, 2.45) is 0 Å². The van der Waals surface area contributed by atoms with Gasteiger partial charge in [0.1, 0.15) is 0 Å². The first-order chi connectivity index (χ1) is 12.3. The summed E-state index contributed by atoms with van der Waals surface area (Å²) in [6.07, 6.45) is 13.6. The molecular formula is C17H17N7O. The van der Waals surface area contributed by atoms with Gasteiger partial charge in [-0.2, -0.15) is 0 Å². The first-order valence-electron chi connectivity index (χ1n) is 8.23. The van der Waals surface area contributed by atoms with E-state index in [9.17, 15) is 0 Å². The van der Waals surface area contributed by atoms with E-state index in [1.165, 1.54) is 0 Å². The van der Waals surface area contributed by atoms with Gasteiger partial charge in [-0.25, -0.2) is 19.5 Å². The van der Waals surface area contributed by atoms with Crippen molar-refractivity contribution < 1.29 is 4.74 Å². The van der Waals surface area contributed by atoms with Crippen LogP contribution in [0, 0.1) is 0 Å². The number of anilines is 1. The molecule has 0 aromatic carbocycles. The van der Waals surface area contributed by atoms with E-state index >= 15 is 0 Å². The number of rotatable bonds is 4. The van der Waals surface area contributed by atoms with Gasteiger partial charge in [-0.05, 0) is 18.9 Å². The largest absolute Gasteiger partial charge is 0.381 e. The van der Waals surface area contributed by atoms with Gasteiger partial charge in [-0.15, -0.1) is 5.10 Å². The maximum atomic E-state index is 5.30. The van der Waals surface area contributed by atoms with E-state index in [0.717, 1.165) is 29.5 Å². The van der Waals surface area contributed by atoms with Crippen molar-refractivity contribution in [1.82, 2.24) is 29.0 Å². The predicted octanol–water partition coefficient (Wildman–Crippen LogP) is 2.03. The number of hydrogen-bond acceptors (Lipinski definition) is 6. The summed E-state index contributed by atoms with van der Waals surface area (Å²) in [7, 11) is 1.75. The average molecular weight is 335 g/mol. The highest BCUT2D eigenvalue weighted by Crippen LogP contribution is 2.27. The van der Waals surface area contributed by atoms with E-state index in [4.69, 9.17) is 4.74 Å². The molecule has 126 valence electrons. The number of nitrogens with zero attached hydrogens (tertiary/aromatic N) is 6. The Hall–Kier alpha value is -3.00. The Bertz CT molecular complexity index is 1050. The molecule has 0 unspecified atom stereocenters. The van der Waals surface area contributed by atoms with Gasteiger partial charge in [0.15, 0.2) is 0 Å². The van der Waals surface area contributed by atoms with E-state index in [-0.39, 0.29) is 0 Å². The lowest BCUT2D eigenvalue weighted by Crippen LogP contribution is -2.40. The van der Waals surface area contributed by atoms with Gasteiger partial charge in [0.05, 0.1) is 17.8 Å². The second kappa shape index (κ2) is 5.52. The lowest BCUT2D eigenvalue weighted by Gasteiger charge is -2.34. The van der Waals surface area contributed by atoms with Crippen LogP contribution in [0.1, 0.15) is 12.8 Å². The molecular weight excluding hydrogens is 318 g/mol. The van der Waals surface area contributed by atoms with Gasteiger partial charge >= 0.3 is 0 Å². The third kappa shape index (κ3) is 2.42. The molecule has 8 heteroatoms. The van der Waals surface area contributed by atoms with Crippen LogP contribution in [0.25, 0.3) is 22.4 Å². The molecule has 4 heterocycles. The molecule has 1 aliphatic rings. The van der Waals surface area contributed by atoms with Crippen LogP contribution >= 0.6 is 0 Å². The first kappa shape index (κ1) is 14.4. The second-order valence-electron chi connectivity index (χ2n) is 6.29. The number of fused-ring (bicyclic) bond motifs is 2. The summed E-state index contributed by atoms with van der Waals surface area (Å²) in [5.41, 5.74) is 2.98. The topological polar surface area (TPSA) is 81.6 Å². The molecule has 1 N–H and O–H groups in total. The fraction of sp³-hybridized carbons (Fsp3) is 0.294. The molecule has 25 heavy (non-hydrogen) atoms. The number of nitrogens with one attached hydrogen (secondary N) is 1. The first-order valence-corrected chi connectivity index (χ1v) is 8.23. The van der Waals surface area contributed by atoms with Crippen molar-refractivity contribution in [3.8, 4) is 11.1 Å².